The number of rotatable bonds is 3. The number of nitrogens with one attached hydrogen (secondary N) is 1. The van der Waals surface area contributed by atoms with Crippen molar-refractivity contribution in [3.8, 4) is 0 Å². The lowest BCUT2D eigenvalue weighted by atomic mass is 9.76. The molecule has 1 aromatic rings. The van der Waals surface area contributed by atoms with Crippen LogP contribution in [0.15, 0.2) is 23.3 Å². The quantitative estimate of drug-likeness (QED) is 0.676. The third kappa shape index (κ3) is 4.35. The number of nitrogens with zero attached hydrogens (tertiary/aromatic N) is 2. The summed E-state index contributed by atoms with van der Waals surface area (Å²) < 4.78 is 0. The van der Waals surface area contributed by atoms with Crippen molar-refractivity contribution in [3.05, 3.63) is 38.9 Å². The summed E-state index contributed by atoms with van der Waals surface area (Å²) in [6.07, 6.45) is 1.31. The van der Waals surface area contributed by atoms with Gasteiger partial charge in [0.05, 0.1) is 4.92 Å². The van der Waals surface area contributed by atoms with Crippen LogP contribution in [0.4, 0.5) is 5.69 Å². The van der Waals surface area contributed by atoms with E-state index in [9.17, 15) is 19.7 Å². The first-order chi connectivity index (χ1) is 10.7. The summed E-state index contributed by atoms with van der Waals surface area (Å²) in [5.41, 5.74) is 2.49. The van der Waals surface area contributed by atoms with Gasteiger partial charge in [0.2, 0.25) is 0 Å². The zero-order valence-corrected chi connectivity index (χ0v) is 13.5. The van der Waals surface area contributed by atoms with E-state index in [1.807, 2.05) is 13.8 Å². The fourth-order valence-corrected chi connectivity index (χ4v) is 2.76. The molecule has 0 saturated heterocycles. The van der Waals surface area contributed by atoms with E-state index < -0.39 is 10.8 Å². The lowest BCUT2D eigenvalue weighted by Gasteiger charge is -2.28. The maximum Gasteiger partial charge on any atom is 0.288 e. The van der Waals surface area contributed by atoms with Crippen LogP contribution in [0.1, 0.15) is 43.5 Å². The van der Waals surface area contributed by atoms with Gasteiger partial charge < -0.3 is 0 Å². The molecule has 1 aliphatic rings. The molecule has 0 heterocycles. The number of hydrogen-bond acceptors (Lipinski definition) is 5. The Bertz CT molecular complexity index is 713. The number of amides is 1. The molecule has 0 bridgehead atoms. The summed E-state index contributed by atoms with van der Waals surface area (Å²) in [6, 6.07) is 3.75. The van der Waals surface area contributed by atoms with Crippen LogP contribution < -0.4 is 5.43 Å². The predicted octanol–water partition coefficient (Wildman–Crippen LogP) is 3.11. The van der Waals surface area contributed by atoms with E-state index in [2.05, 4.69) is 10.5 Å². The van der Waals surface area contributed by atoms with E-state index in [0.29, 0.717) is 18.6 Å². The largest absolute Gasteiger partial charge is 0.299 e. The van der Waals surface area contributed by atoms with E-state index in [1.165, 1.54) is 12.1 Å². The maximum absolute atomic E-state index is 12.0. The van der Waals surface area contributed by atoms with E-state index in [0.717, 1.165) is 6.07 Å². The van der Waals surface area contributed by atoms with E-state index in [4.69, 9.17) is 11.6 Å². The molecule has 1 aromatic carbocycles. The van der Waals surface area contributed by atoms with Crippen molar-refractivity contribution in [3.63, 3.8) is 0 Å². The van der Waals surface area contributed by atoms with Gasteiger partial charge in [0, 0.05) is 30.2 Å². The summed E-state index contributed by atoms with van der Waals surface area (Å²) in [5.74, 6) is -0.510. The van der Waals surface area contributed by atoms with Gasteiger partial charge >= 0.3 is 0 Å². The molecule has 8 heteroatoms. The second-order valence-electron chi connectivity index (χ2n) is 6.28. The monoisotopic (exact) mass is 337 g/mol. The zero-order valence-electron chi connectivity index (χ0n) is 12.8. The highest BCUT2D eigenvalue weighted by Crippen LogP contribution is 2.31. The van der Waals surface area contributed by atoms with Gasteiger partial charge in [-0.15, -0.1) is 0 Å². The van der Waals surface area contributed by atoms with E-state index >= 15 is 0 Å². The fraction of sp³-hybridized carbons (Fsp3) is 0.400. The Hall–Kier alpha value is -2.28. The topological polar surface area (TPSA) is 102 Å². The molecule has 0 unspecified atom stereocenters. The number of hydrazone groups is 1. The average Bonchev–Trinajstić information content (AvgIpc) is 2.42. The van der Waals surface area contributed by atoms with Gasteiger partial charge in [-0.25, -0.2) is 5.43 Å². The van der Waals surface area contributed by atoms with Crippen molar-refractivity contribution in [2.75, 3.05) is 0 Å². The Morgan fingerprint density at radius 3 is 2.70 bits per heavy atom. The number of carbonyl (C=O) groups excluding carboxylic acids is 2. The first kappa shape index (κ1) is 17.1. The molecule has 1 amide bonds. The van der Waals surface area contributed by atoms with Crippen LogP contribution in [-0.2, 0) is 4.79 Å². The fourth-order valence-electron chi connectivity index (χ4n) is 2.57. The summed E-state index contributed by atoms with van der Waals surface area (Å²) >= 11 is 5.70. The number of benzene rings is 1. The van der Waals surface area contributed by atoms with Gasteiger partial charge in [-0.1, -0.05) is 25.4 Å². The molecule has 0 atom stereocenters. The second-order valence-corrected chi connectivity index (χ2v) is 6.68. The van der Waals surface area contributed by atoms with Crippen LogP contribution in [0.25, 0.3) is 0 Å². The smallest absolute Gasteiger partial charge is 0.288 e. The molecule has 0 radical (unpaired) electrons. The molecule has 1 aliphatic carbocycles. The van der Waals surface area contributed by atoms with E-state index in [1.54, 1.807) is 0 Å². The summed E-state index contributed by atoms with van der Waals surface area (Å²) in [4.78, 5) is 33.9. The Balaban J connectivity index is 2.13. The highest BCUT2D eigenvalue weighted by molar-refractivity contribution is 6.32. The Labute approximate surface area is 137 Å². The normalized spacial score (nSPS) is 18.7. The Morgan fingerprint density at radius 1 is 1.39 bits per heavy atom. The summed E-state index contributed by atoms with van der Waals surface area (Å²) in [5, 5.41) is 14.8. The van der Waals surface area contributed by atoms with Crippen molar-refractivity contribution in [2.45, 2.75) is 33.1 Å². The molecular weight excluding hydrogens is 322 g/mol. The standard InChI is InChI=1S/C15H16ClN3O4/c1-15(2)7-10(6-11(20)8-15)17-18-14(21)9-3-4-12(16)13(5-9)19(22)23/h3-5H,6-8H2,1-2H3,(H,18,21)/b17-10+. The molecule has 0 spiro atoms. The summed E-state index contributed by atoms with van der Waals surface area (Å²) in [6.45, 7) is 3.92. The zero-order chi connectivity index (χ0) is 17.2. The number of nitro groups is 1. The third-order valence-electron chi connectivity index (χ3n) is 3.48. The van der Waals surface area contributed by atoms with Crippen LogP contribution in [0.3, 0.4) is 0 Å². The lowest BCUT2D eigenvalue weighted by molar-refractivity contribution is -0.384. The SMILES string of the molecule is CC1(C)CC(=O)C/C(=N\NC(=O)c2ccc(Cl)c([N+](=O)[O-])c2)C1. The molecule has 0 aromatic heterocycles. The number of hydrogen-bond donors (Lipinski definition) is 1. The number of carbonyl (C=O) groups is 2. The lowest BCUT2D eigenvalue weighted by Crippen LogP contribution is -2.31. The predicted molar refractivity (Wildman–Crippen MR) is 85.6 cm³/mol. The van der Waals surface area contributed by atoms with Crippen molar-refractivity contribution in [1.82, 2.24) is 5.43 Å². The van der Waals surface area contributed by atoms with E-state index in [-0.39, 0.29) is 33.9 Å². The second kappa shape index (κ2) is 6.45. The molecule has 1 fully saturated rings. The maximum atomic E-state index is 12.0. The third-order valence-corrected chi connectivity index (χ3v) is 3.80. The van der Waals surface area contributed by atoms with Gasteiger partial charge in [-0.2, -0.15) is 5.10 Å². The van der Waals surface area contributed by atoms with Crippen LogP contribution in [0, 0.1) is 15.5 Å². The van der Waals surface area contributed by atoms with Gasteiger partial charge in [-0.05, 0) is 24.0 Å². The molecule has 122 valence electrons. The first-order valence-electron chi connectivity index (χ1n) is 6.99. The number of Topliss-reactive ketones (excluding diaryl/α,β-unsaturated/α-hetero) is 1. The summed E-state index contributed by atoms with van der Waals surface area (Å²) in [7, 11) is 0. The molecule has 7 nitrogen and oxygen atoms in total. The van der Waals surface area contributed by atoms with Gasteiger partial charge in [0.15, 0.2) is 0 Å². The molecule has 0 aliphatic heterocycles. The molecular formula is C15H16ClN3O4. The molecule has 2 rings (SSSR count). The minimum Gasteiger partial charge on any atom is -0.299 e. The van der Waals surface area contributed by atoms with Crippen molar-refractivity contribution in [2.24, 2.45) is 10.5 Å². The average molecular weight is 338 g/mol. The Kier molecular flexibility index (Phi) is 4.79. The van der Waals surface area contributed by atoms with Crippen LogP contribution >= 0.6 is 11.6 Å². The van der Waals surface area contributed by atoms with Gasteiger partial charge in [-0.3, -0.25) is 19.7 Å². The number of ketones is 1. The van der Waals surface area contributed by atoms with Gasteiger partial charge in [0.25, 0.3) is 11.6 Å². The number of nitro benzene ring substituents is 1. The first-order valence-corrected chi connectivity index (χ1v) is 7.37. The van der Waals surface area contributed by atoms with Crippen molar-refractivity contribution in [1.29, 1.82) is 0 Å². The van der Waals surface area contributed by atoms with Crippen LogP contribution in [-0.4, -0.2) is 22.3 Å². The highest BCUT2D eigenvalue weighted by atomic mass is 35.5. The minimum atomic E-state index is -0.659. The number of halogens is 1. The minimum absolute atomic E-state index is 0.0440. The molecule has 23 heavy (non-hydrogen) atoms. The highest BCUT2D eigenvalue weighted by Gasteiger charge is 2.30. The van der Waals surface area contributed by atoms with Crippen LogP contribution in [0.2, 0.25) is 5.02 Å². The molecule has 1 N–H and O–H groups in total. The van der Waals surface area contributed by atoms with Gasteiger partial charge in [0.1, 0.15) is 10.8 Å². The Morgan fingerprint density at radius 2 is 2.09 bits per heavy atom. The van der Waals surface area contributed by atoms with Crippen molar-refractivity contribution < 1.29 is 14.5 Å². The van der Waals surface area contributed by atoms with Crippen molar-refractivity contribution >= 4 is 34.7 Å². The molecule has 1 saturated carbocycles. The van der Waals surface area contributed by atoms with Crippen LogP contribution in [0.5, 0.6) is 0 Å².